The Bertz CT molecular complexity index is 255. The zero-order valence-corrected chi connectivity index (χ0v) is 5.96. The molecule has 1 rings (SSSR count). The summed E-state index contributed by atoms with van der Waals surface area (Å²) in [7, 11) is 1.91. The normalized spacial score (nSPS) is 9.20. The molecule has 0 saturated carbocycles. The number of rotatable bonds is 1. The Morgan fingerprint density at radius 2 is 2.20 bits per heavy atom. The quantitative estimate of drug-likeness (QED) is 0.565. The van der Waals surface area contributed by atoms with E-state index in [1.807, 2.05) is 13.9 Å². The maximum absolute atomic E-state index is 9.02. The molecule has 50 valence electrons. The number of aromatic hydroxyl groups is 1. The van der Waals surface area contributed by atoms with Gasteiger partial charge in [0.1, 0.15) is 13.6 Å². The lowest BCUT2D eigenvalue weighted by molar-refractivity contribution is 0.475. The highest BCUT2D eigenvalue weighted by molar-refractivity contribution is 6.41. The van der Waals surface area contributed by atoms with Crippen molar-refractivity contribution in [3.05, 3.63) is 36.4 Å². The van der Waals surface area contributed by atoms with Gasteiger partial charge < -0.3 is 5.11 Å². The highest BCUT2D eigenvalue weighted by Gasteiger charge is 1.92. The van der Waals surface area contributed by atoms with Crippen LogP contribution in [0.1, 0.15) is 5.56 Å². The number of benzene rings is 1. The van der Waals surface area contributed by atoms with E-state index in [1.54, 1.807) is 18.2 Å². The monoisotopic (exact) mass is 132 g/mol. The van der Waals surface area contributed by atoms with E-state index in [0.717, 1.165) is 11.0 Å². The Labute approximate surface area is 61.4 Å². The van der Waals surface area contributed by atoms with E-state index in [4.69, 9.17) is 5.11 Å². The molecule has 0 saturated heterocycles. The van der Waals surface area contributed by atoms with Crippen LogP contribution in [0.4, 0.5) is 0 Å². The van der Waals surface area contributed by atoms with E-state index in [1.165, 1.54) is 0 Å². The summed E-state index contributed by atoms with van der Waals surface area (Å²) in [4.78, 5) is 0. The summed E-state index contributed by atoms with van der Waals surface area (Å²) >= 11 is 0. The Morgan fingerprint density at radius 3 is 2.60 bits per heavy atom. The van der Waals surface area contributed by atoms with Gasteiger partial charge in [-0.15, -0.1) is 6.58 Å². The number of hydrogen-bond acceptors (Lipinski definition) is 1. The molecule has 0 unspecified atom stereocenters. The van der Waals surface area contributed by atoms with Crippen LogP contribution in [-0.2, 0) is 0 Å². The van der Waals surface area contributed by atoms with E-state index < -0.39 is 0 Å². The largest absolute Gasteiger partial charge is 0.508 e. The summed E-state index contributed by atoms with van der Waals surface area (Å²) in [5.41, 5.74) is 1.95. The van der Waals surface area contributed by atoms with E-state index in [0.29, 0.717) is 5.75 Å². The minimum atomic E-state index is 0.292. The third-order valence-electron chi connectivity index (χ3n) is 1.34. The molecule has 0 radical (unpaired) electrons. The first kappa shape index (κ1) is 6.94. The SMILES string of the molecule is BC(=C)c1cccc(O)c1. The first-order valence-corrected chi connectivity index (χ1v) is 3.15. The first-order valence-electron chi connectivity index (χ1n) is 3.15. The van der Waals surface area contributed by atoms with E-state index in [9.17, 15) is 0 Å². The molecule has 1 N–H and O–H groups in total. The smallest absolute Gasteiger partial charge is 0.139 e. The topological polar surface area (TPSA) is 20.2 Å². The fraction of sp³-hybridized carbons (Fsp3) is 0. The van der Waals surface area contributed by atoms with E-state index in [-0.39, 0.29) is 0 Å². The molecule has 0 amide bonds. The highest BCUT2D eigenvalue weighted by atomic mass is 16.3. The minimum Gasteiger partial charge on any atom is -0.508 e. The molecule has 0 heterocycles. The molecule has 1 nitrogen and oxygen atoms in total. The number of hydrogen-bond donors (Lipinski definition) is 1. The van der Waals surface area contributed by atoms with Crippen LogP contribution in [0.15, 0.2) is 30.8 Å². The van der Waals surface area contributed by atoms with Gasteiger partial charge in [-0.3, -0.25) is 0 Å². The Morgan fingerprint density at radius 1 is 1.50 bits per heavy atom. The predicted molar refractivity (Wildman–Crippen MR) is 45.7 cm³/mol. The molecular weight excluding hydrogens is 123 g/mol. The van der Waals surface area contributed by atoms with Gasteiger partial charge in [0.2, 0.25) is 0 Å². The van der Waals surface area contributed by atoms with Crippen molar-refractivity contribution in [3.8, 4) is 5.75 Å². The second-order valence-corrected chi connectivity index (χ2v) is 2.33. The Balaban J connectivity index is 3.07. The van der Waals surface area contributed by atoms with Gasteiger partial charge >= 0.3 is 0 Å². The predicted octanol–water partition coefficient (Wildman–Crippen LogP) is 0.996. The van der Waals surface area contributed by atoms with Crippen molar-refractivity contribution in [1.29, 1.82) is 0 Å². The summed E-state index contributed by atoms with van der Waals surface area (Å²) < 4.78 is 0. The van der Waals surface area contributed by atoms with Crippen molar-refractivity contribution in [2.75, 3.05) is 0 Å². The van der Waals surface area contributed by atoms with Crippen molar-refractivity contribution in [2.45, 2.75) is 0 Å². The Kier molecular flexibility index (Phi) is 1.81. The van der Waals surface area contributed by atoms with Gasteiger partial charge in [0.15, 0.2) is 0 Å². The van der Waals surface area contributed by atoms with Gasteiger partial charge in [-0.1, -0.05) is 17.6 Å². The molecule has 0 bridgehead atoms. The summed E-state index contributed by atoms with van der Waals surface area (Å²) in [6.07, 6.45) is 0. The zero-order chi connectivity index (χ0) is 7.56. The van der Waals surface area contributed by atoms with Gasteiger partial charge in [-0.2, -0.15) is 0 Å². The van der Waals surface area contributed by atoms with E-state index >= 15 is 0 Å². The highest BCUT2D eigenvalue weighted by Crippen LogP contribution is 2.14. The van der Waals surface area contributed by atoms with Crippen molar-refractivity contribution in [3.63, 3.8) is 0 Å². The van der Waals surface area contributed by atoms with Crippen LogP contribution in [0, 0.1) is 0 Å². The second kappa shape index (κ2) is 2.61. The molecule has 0 atom stereocenters. The average molecular weight is 132 g/mol. The molecule has 0 aliphatic rings. The van der Waals surface area contributed by atoms with Crippen molar-refractivity contribution in [1.82, 2.24) is 0 Å². The van der Waals surface area contributed by atoms with Crippen molar-refractivity contribution >= 4 is 13.3 Å². The molecule has 2 heteroatoms. The average Bonchev–Trinajstić information content (AvgIpc) is 1.88. The van der Waals surface area contributed by atoms with Crippen LogP contribution in [0.2, 0.25) is 0 Å². The van der Waals surface area contributed by atoms with Gasteiger partial charge in [-0.25, -0.2) is 0 Å². The molecule has 0 aromatic heterocycles. The lowest BCUT2D eigenvalue weighted by atomic mass is 9.90. The molecule has 10 heavy (non-hydrogen) atoms. The van der Waals surface area contributed by atoms with E-state index in [2.05, 4.69) is 6.58 Å². The van der Waals surface area contributed by atoms with Crippen molar-refractivity contribution in [2.24, 2.45) is 0 Å². The lowest BCUT2D eigenvalue weighted by Crippen LogP contribution is -1.78. The fourth-order valence-electron chi connectivity index (χ4n) is 0.771. The summed E-state index contributed by atoms with van der Waals surface area (Å²) in [5, 5.41) is 9.02. The fourth-order valence-corrected chi connectivity index (χ4v) is 0.771. The van der Waals surface area contributed by atoms with Crippen LogP contribution in [-0.4, -0.2) is 13.0 Å². The Hall–Kier alpha value is -1.18. The number of phenolic OH excluding ortho intramolecular Hbond substituents is 1. The summed E-state index contributed by atoms with van der Waals surface area (Å²) in [6, 6.07) is 7.07. The first-order chi connectivity index (χ1) is 4.70. The van der Waals surface area contributed by atoms with Gasteiger partial charge in [0.05, 0.1) is 0 Å². The molecule has 0 aliphatic heterocycles. The van der Waals surface area contributed by atoms with Gasteiger partial charge in [0.25, 0.3) is 0 Å². The molecule has 0 aliphatic carbocycles. The van der Waals surface area contributed by atoms with Gasteiger partial charge in [-0.05, 0) is 17.7 Å². The van der Waals surface area contributed by atoms with Crippen LogP contribution >= 0.6 is 0 Å². The van der Waals surface area contributed by atoms with Crippen LogP contribution < -0.4 is 0 Å². The maximum atomic E-state index is 9.02. The molecule has 1 aromatic rings. The lowest BCUT2D eigenvalue weighted by Gasteiger charge is -1.98. The maximum Gasteiger partial charge on any atom is 0.139 e. The molecule has 0 spiro atoms. The van der Waals surface area contributed by atoms with Crippen molar-refractivity contribution < 1.29 is 5.11 Å². The minimum absolute atomic E-state index is 0.292. The molecule has 1 aromatic carbocycles. The second-order valence-electron chi connectivity index (χ2n) is 2.33. The standard InChI is InChI=1S/C8H9BO/c1-6(9)7-3-2-4-8(10)5-7/h2-5,10H,1,9H2. The third kappa shape index (κ3) is 1.41. The third-order valence-corrected chi connectivity index (χ3v) is 1.34. The van der Waals surface area contributed by atoms with Crippen LogP contribution in [0.3, 0.4) is 0 Å². The van der Waals surface area contributed by atoms with Crippen LogP contribution in [0.5, 0.6) is 5.75 Å². The number of phenols is 1. The molecular formula is C8H9BO. The zero-order valence-electron chi connectivity index (χ0n) is 5.96. The molecule has 0 fully saturated rings. The van der Waals surface area contributed by atoms with Crippen LogP contribution in [0.25, 0.3) is 5.47 Å². The summed E-state index contributed by atoms with van der Waals surface area (Å²) in [6.45, 7) is 3.76. The summed E-state index contributed by atoms with van der Waals surface area (Å²) in [5.74, 6) is 0.292. The van der Waals surface area contributed by atoms with Gasteiger partial charge in [0, 0.05) is 0 Å².